The van der Waals surface area contributed by atoms with Crippen molar-refractivity contribution >= 4 is 18.0 Å². The van der Waals surface area contributed by atoms with E-state index in [-0.39, 0.29) is 25.7 Å². The Morgan fingerprint density at radius 3 is 2.31 bits per heavy atom. The van der Waals surface area contributed by atoms with Crippen LogP contribution in [0.1, 0.15) is 28.8 Å². The first-order chi connectivity index (χ1) is 17.0. The minimum atomic E-state index is -1.10. The molecule has 10 heteroatoms. The fraction of sp³-hybridized carbons (Fsp3) is 0.280. The Hall–Kier alpha value is -4.18. The number of carbonyl (C=O) groups is 3. The summed E-state index contributed by atoms with van der Waals surface area (Å²) in [5.41, 5.74) is 4.87. The molecule has 0 saturated heterocycles. The monoisotopic (exact) mass is 478 g/mol. The normalized spacial score (nSPS) is 12.9. The second-order valence-corrected chi connectivity index (χ2v) is 8.02. The van der Waals surface area contributed by atoms with Crippen LogP contribution in [-0.4, -0.2) is 59.2 Å². The molecule has 0 aliphatic heterocycles. The van der Waals surface area contributed by atoms with Gasteiger partial charge in [0.15, 0.2) is 6.04 Å². The van der Waals surface area contributed by atoms with Crippen molar-refractivity contribution in [2.24, 2.45) is 7.05 Å². The second kappa shape index (κ2) is 10.8. The molecule has 1 heterocycles. The van der Waals surface area contributed by atoms with Gasteiger partial charge >= 0.3 is 12.1 Å². The van der Waals surface area contributed by atoms with Gasteiger partial charge in [-0.1, -0.05) is 48.5 Å². The number of benzene rings is 2. The average Bonchev–Trinajstić information content (AvgIpc) is 3.41. The van der Waals surface area contributed by atoms with E-state index in [1.54, 1.807) is 13.1 Å². The van der Waals surface area contributed by atoms with E-state index in [4.69, 9.17) is 14.6 Å². The van der Waals surface area contributed by atoms with Crippen molar-refractivity contribution in [1.29, 1.82) is 0 Å². The third kappa shape index (κ3) is 5.49. The summed E-state index contributed by atoms with van der Waals surface area (Å²) in [6.45, 7) is -0.254. The van der Waals surface area contributed by atoms with Gasteiger partial charge in [-0.25, -0.2) is 9.59 Å². The molecular formula is C25H26N4O6. The molecule has 1 unspecified atom stereocenters. The van der Waals surface area contributed by atoms with Crippen molar-refractivity contribution in [3.63, 3.8) is 0 Å². The Balaban J connectivity index is 1.40. The third-order valence-electron chi connectivity index (χ3n) is 5.79. The van der Waals surface area contributed by atoms with E-state index in [1.165, 1.54) is 10.9 Å². The predicted molar refractivity (Wildman–Crippen MR) is 126 cm³/mol. The van der Waals surface area contributed by atoms with Crippen LogP contribution in [0, 0.1) is 0 Å². The van der Waals surface area contributed by atoms with Crippen LogP contribution >= 0.6 is 0 Å². The second-order valence-electron chi connectivity index (χ2n) is 8.02. The van der Waals surface area contributed by atoms with Crippen LogP contribution in [0.2, 0.25) is 0 Å². The van der Waals surface area contributed by atoms with Crippen LogP contribution < -0.4 is 10.6 Å². The highest BCUT2D eigenvalue weighted by atomic mass is 16.5. The van der Waals surface area contributed by atoms with Crippen molar-refractivity contribution in [1.82, 2.24) is 20.4 Å². The molecule has 3 N–H and O–H groups in total. The standard InChI is InChI=1S/C25H26N4O6/c1-29-21(10-11-27-29)23(24(32)26-12-13-34-15-22(30)31)28-25(33)35-14-20-18-8-4-2-6-16(18)17-7-3-5-9-19(17)20/h2-11,20,23H,12-15H2,1H3,(H,26,32)(H,28,33)(H,30,31). The Kier molecular flexibility index (Phi) is 7.41. The van der Waals surface area contributed by atoms with E-state index in [0.717, 1.165) is 22.3 Å². The highest BCUT2D eigenvalue weighted by molar-refractivity contribution is 5.86. The van der Waals surface area contributed by atoms with Gasteiger partial charge in [0.1, 0.15) is 13.2 Å². The van der Waals surface area contributed by atoms with Crippen LogP contribution in [0.5, 0.6) is 0 Å². The lowest BCUT2D eigenvalue weighted by atomic mass is 9.98. The lowest BCUT2D eigenvalue weighted by molar-refractivity contribution is -0.142. The van der Waals surface area contributed by atoms with Crippen LogP contribution in [0.25, 0.3) is 11.1 Å². The molecule has 1 aliphatic rings. The molecule has 0 saturated carbocycles. The van der Waals surface area contributed by atoms with E-state index >= 15 is 0 Å². The highest BCUT2D eigenvalue weighted by Gasteiger charge is 2.30. The summed E-state index contributed by atoms with van der Waals surface area (Å²) in [4.78, 5) is 36.1. The molecular weight excluding hydrogens is 452 g/mol. The topological polar surface area (TPSA) is 132 Å². The average molecular weight is 479 g/mol. The molecule has 0 radical (unpaired) electrons. The number of rotatable bonds is 10. The van der Waals surface area contributed by atoms with E-state index in [0.29, 0.717) is 5.69 Å². The van der Waals surface area contributed by atoms with Crippen LogP contribution in [-0.2, 0) is 26.1 Å². The van der Waals surface area contributed by atoms with Crippen LogP contribution in [0.3, 0.4) is 0 Å². The van der Waals surface area contributed by atoms with Gasteiger partial charge in [-0.05, 0) is 28.3 Å². The van der Waals surface area contributed by atoms with Gasteiger partial charge in [-0.3, -0.25) is 9.48 Å². The molecule has 182 valence electrons. The Morgan fingerprint density at radius 1 is 1.06 bits per heavy atom. The molecule has 0 fully saturated rings. The minimum Gasteiger partial charge on any atom is -0.480 e. The number of aromatic nitrogens is 2. The molecule has 2 aromatic carbocycles. The fourth-order valence-corrected chi connectivity index (χ4v) is 4.21. The van der Waals surface area contributed by atoms with Crippen molar-refractivity contribution in [3.05, 3.63) is 77.6 Å². The smallest absolute Gasteiger partial charge is 0.408 e. The number of aliphatic carboxylic acids is 1. The van der Waals surface area contributed by atoms with Gasteiger partial charge in [-0.2, -0.15) is 5.10 Å². The molecule has 1 atom stereocenters. The number of alkyl carbamates (subject to hydrolysis) is 1. The summed E-state index contributed by atoms with van der Waals surface area (Å²) < 4.78 is 12.0. The summed E-state index contributed by atoms with van der Waals surface area (Å²) in [5, 5.41) is 17.9. The SMILES string of the molecule is Cn1nccc1C(NC(=O)OCC1c2ccccc2-c2ccccc21)C(=O)NCCOCC(=O)O. The number of carboxylic acids is 1. The maximum Gasteiger partial charge on any atom is 0.408 e. The Bertz CT molecular complexity index is 1180. The van der Waals surface area contributed by atoms with Gasteiger partial charge in [0, 0.05) is 25.7 Å². The Morgan fingerprint density at radius 2 is 1.71 bits per heavy atom. The number of fused-ring (bicyclic) bond motifs is 3. The largest absolute Gasteiger partial charge is 0.480 e. The molecule has 3 aromatic rings. The first-order valence-corrected chi connectivity index (χ1v) is 11.1. The van der Waals surface area contributed by atoms with Gasteiger partial charge in [0.2, 0.25) is 5.91 Å². The number of aryl methyl sites for hydroxylation is 1. The fourth-order valence-electron chi connectivity index (χ4n) is 4.21. The van der Waals surface area contributed by atoms with Crippen molar-refractivity contribution in [2.75, 3.05) is 26.4 Å². The molecule has 0 spiro atoms. The minimum absolute atomic E-state index is 0.0150. The van der Waals surface area contributed by atoms with Crippen molar-refractivity contribution in [2.45, 2.75) is 12.0 Å². The zero-order valence-electron chi connectivity index (χ0n) is 19.1. The maximum absolute atomic E-state index is 12.8. The lowest BCUT2D eigenvalue weighted by Crippen LogP contribution is -2.42. The number of hydrogen-bond acceptors (Lipinski definition) is 6. The number of nitrogens with zero attached hydrogens (tertiary/aromatic N) is 2. The van der Waals surface area contributed by atoms with Gasteiger partial charge in [0.25, 0.3) is 0 Å². The summed E-state index contributed by atoms with van der Waals surface area (Å²) in [6.07, 6.45) is 0.778. The van der Waals surface area contributed by atoms with E-state index in [9.17, 15) is 14.4 Å². The third-order valence-corrected chi connectivity index (χ3v) is 5.79. The first kappa shape index (κ1) is 24.0. The predicted octanol–water partition coefficient (Wildman–Crippen LogP) is 2.22. The zero-order chi connectivity index (χ0) is 24.8. The molecule has 4 rings (SSSR count). The van der Waals surface area contributed by atoms with E-state index in [1.807, 2.05) is 36.4 Å². The zero-order valence-corrected chi connectivity index (χ0v) is 19.1. The van der Waals surface area contributed by atoms with E-state index in [2.05, 4.69) is 27.9 Å². The quantitative estimate of drug-likeness (QED) is 0.381. The first-order valence-electron chi connectivity index (χ1n) is 11.1. The molecule has 10 nitrogen and oxygen atoms in total. The Labute approximate surface area is 201 Å². The van der Waals surface area contributed by atoms with Crippen molar-refractivity contribution in [3.8, 4) is 11.1 Å². The molecule has 1 aromatic heterocycles. The summed E-state index contributed by atoms with van der Waals surface area (Å²) in [5.74, 6) is -1.70. The number of nitrogens with one attached hydrogen (secondary N) is 2. The highest BCUT2D eigenvalue weighted by Crippen LogP contribution is 2.44. The van der Waals surface area contributed by atoms with Crippen LogP contribution in [0.15, 0.2) is 60.8 Å². The van der Waals surface area contributed by atoms with Crippen LogP contribution in [0.4, 0.5) is 4.79 Å². The van der Waals surface area contributed by atoms with Gasteiger partial charge < -0.3 is 25.2 Å². The molecule has 35 heavy (non-hydrogen) atoms. The number of amides is 2. The van der Waals surface area contributed by atoms with Gasteiger partial charge in [-0.15, -0.1) is 0 Å². The summed E-state index contributed by atoms with van der Waals surface area (Å²) in [6, 6.07) is 16.6. The maximum atomic E-state index is 12.8. The summed E-state index contributed by atoms with van der Waals surface area (Å²) >= 11 is 0. The number of carboxylic acid groups (broad SMARTS) is 1. The molecule has 0 bridgehead atoms. The lowest BCUT2D eigenvalue weighted by Gasteiger charge is -2.20. The number of ether oxygens (including phenoxy) is 2. The summed E-state index contributed by atoms with van der Waals surface area (Å²) in [7, 11) is 1.66. The van der Waals surface area contributed by atoms with E-state index < -0.39 is 30.6 Å². The van der Waals surface area contributed by atoms with Gasteiger partial charge in [0.05, 0.1) is 12.3 Å². The van der Waals surface area contributed by atoms with Crippen molar-refractivity contribution < 1.29 is 29.0 Å². The number of carbonyl (C=O) groups excluding carboxylic acids is 2. The molecule has 1 aliphatic carbocycles. The number of hydrogen-bond donors (Lipinski definition) is 3. The molecule has 2 amide bonds.